The summed E-state index contributed by atoms with van der Waals surface area (Å²) < 4.78 is 0.663. The first-order valence-electron chi connectivity index (χ1n) is 9.56. The van der Waals surface area contributed by atoms with Crippen LogP contribution in [0.25, 0.3) is 10.9 Å². The number of halogens is 1. The maximum atomic E-state index is 12.8. The number of carbonyl (C=O) groups is 1. The van der Waals surface area contributed by atoms with Crippen molar-refractivity contribution < 1.29 is 9.90 Å². The second-order valence-electron chi connectivity index (χ2n) is 7.18. The van der Waals surface area contributed by atoms with E-state index >= 15 is 0 Å². The molecule has 0 unspecified atom stereocenters. The van der Waals surface area contributed by atoms with Gasteiger partial charge in [-0.05, 0) is 61.3 Å². The van der Waals surface area contributed by atoms with Crippen LogP contribution in [0.5, 0.6) is 5.75 Å². The van der Waals surface area contributed by atoms with Gasteiger partial charge in [-0.1, -0.05) is 19.8 Å². The van der Waals surface area contributed by atoms with E-state index in [1.54, 1.807) is 0 Å². The number of aryl methyl sites for hydroxylation is 1. The van der Waals surface area contributed by atoms with Gasteiger partial charge in [-0.2, -0.15) is 0 Å². The van der Waals surface area contributed by atoms with E-state index in [1.165, 1.54) is 19.3 Å². The number of amides is 1. The number of nitrogens with zero attached hydrogens (tertiary/aromatic N) is 1. The summed E-state index contributed by atoms with van der Waals surface area (Å²) in [6, 6.07) is 1.86. The third-order valence-electron chi connectivity index (χ3n) is 5.17. The lowest BCUT2D eigenvalue weighted by Gasteiger charge is -2.27. The zero-order valence-electron chi connectivity index (χ0n) is 15.6. The number of aromatic nitrogens is 1. The normalized spacial score (nSPS) is 15.5. The number of hydrogen-bond acceptors (Lipinski definition) is 3. The maximum Gasteiger partial charge on any atom is 0.253 e. The van der Waals surface area contributed by atoms with Gasteiger partial charge in [0.15, 0.2) is 0 Å². The molecule has 0 atom stereocenters. The molecule has 0 aliphatic carbocycles. The Hall–Kier alpha value is -1.53. The molecule has 2 heterocycles. The molecule has 3 rings (SSSR count). The minimum atomic E-state index is -0.0659. The molecule has 0 spiro atoms. The van der Waals surface area contributed by atoms with Crippen molar-refractivity contribution in [1.82, 2.24) is 15.2 Å². The van der Waals surface area contributed by atoms with Crippen molar-refractivity contribution in [3.8, 4) is 5.75 Å². The number of phenolic OH excluding ortho intramolecular Hbond substituents is 1. The van der Waals surface area contributed by atoms with Crippen LogP contribution < -0.4 is 5.32 Å². The molecule has 5 nitrogen and oxygen atoms in total. The molecule has 1 aliphatic heterocycles. The summed E-state index contributed by atoms with van der Waals surface area (Å²) >= 11 is 3.47. The van der Waals surface area contributed by atoms with Crippen molar-refractivity contribution in [3.05, 3.63) is 27.4 Å². The molecule has 0 radical (unpaired) electrons. The van der Waals surface area contributed by atoms with Gasteiger partial charge < -0.3 is 15.4 Å². The van der Waals surface area contributed by atoms with Crippen LogP contribution in [-0.4, -0.2) is 40.5 Å². The Kier molecular flexibility index (Phi) is 6.24. The fourth-order valence-corrected chi connectivity index (χ4v) is 4.24. The average Bonchev–Trinajstić information content (AvgIpc) is 2.95. The summed E-state index contributed by atoms with van der Waals surface area (Å²) in [4.78, 5) is 18.5. The molecule has 0 bridgehead atoms. The van der Waals surface area contributed by atoms with Crippen LogP contribution in [0.3, 0.4) is 0 Å². The highest BCUT2D eigenvalue weighted by Gasteiger charge is 2.24. The number of piperidine rings is 1. The number of unbranched alkanes of at least 4 members (excludes halogenated alkanes) is 1. The number of hydrogen-bond donors (Lipinski definition) is 3. The van der Waals surface area contributed by atoms with Gasteiger partial charge >= 0.3 is 0 Å². The van der Waals surface area contributed by atoms with Crippen LogP contribution >= 0.6 is 15.9 Å². The van der Waals surface area contributed by atoms with E-state index < -0.39 is 0 Å². The Morgan fingerprint density at radius 3 is 2.77 bits per heavy atom. The van der Waals surface area contributed by atoms with Gasteiger partial charge in [-0.3, -0.25) is 9.69 Å². The predicted molar refractivity (Wildman–Crippen MR) is 109 cm³/mol. The van der Waals surface area contributed by atoms with E-state index in [-0.39, 0.29) is 11.7 Å². The number of H-pyrrole nitrogens is 1. The molecule has 26 heavy (non-hydrogen) atoms. The second kappa shape index (κ2) is 8.44. The number of aromatic hydroxyl groups is 1. The number of phenols is 1. The number of benzene rings is 1. The van der Waals surface area contributed by atoms with E-state index in [4.69, 9.17) is 0 Å². The van der Waals surface area contributed by atoms with Gasteiger partial charge in [0.1, 0.15) is 5.75 Å². The zero-order valence-corrected chi connectivity index (χ0v) is 17.2. The van der Waals surface area contributed by atoms with Crippen molar-refractivity contribution in [3.63, 3.8) is 0 Å². The number of aromatic amines is 1. The Labute approximate surface area is 163 Å². The standard InChI is InChI=1S/C20H28BrN3O2/c1-3-4-8-22-20(26)17-13(2)23-16-11-15(21)19(25)14(18(16)17)12-24-9-6-5-7-10-24/h11,23,25H,3-10,12H2,1-2H3,(H,22,26). The molecule has 0 saturated carbocycles. The van der Waals surface area contributed by atoms with Crippen LogP contribution in [0, 0.1) is 6.92 Å². The van der Waals surface area contributed by atoms with Crippen molar-refractivity contribution in [1.29, 1.82) is 0 Å². The van der Waals surface area contributed by atoms with Crippen LogP contribution in [-0.2, 0) is 6.54 Å². The van der Waals surface area contributed by atoms with E-state index in [9.17, 15) is 9.90 Å². The van der Waals surface area contributed by atoms with Crippen LogP contribution in [0.1, 0.15) is 60.6 Å². The molecule has 1 amide bonds. The quantitative estimate of drug-likeness (QED) is 0.602. The maximum absolute atomic E-state index is 12.8. The molecule has 1 aromatic carbocycles. The van der Waals surface area contributed by atoms with E-state index in [0.29, 0.717) is 23.1 Å². The first kappa shape index (κ1) is 19.2. The van der Waals surface area contributed by atoms with Crippen molar-refractivity contribution >= 4 is 32.7 Å². The van der Waals surface area contributed by atoms with Gasteiger partial charge in [0.2, 0.25) is 0 Å². The lowest BCUT2D eigenvalue weighted by atomic mass is 10.0. The molecule has 1 fully saturated rings. The summed E-state index contributed by atoms with van der Waals surface area (Å²) in [6.45, 7) is 7.43. The third-order valence-corrected chi connectivity index (χ3v) is 5.78. The molecule has 6 heteroatoms. The number of fused-ring (bicyclic) bond motifs is 1. The lowest BCUT2D eigenvalue weighted by molar-refractivity contribution is 0.0954. The second-order valence-corrected chi connectivity index (χ2v) is 8.03. The number of carbonyl (C=O) groups excluding carboxylic acids is 1. The molecular formula is C20H28BrN3O2. The van der Waals surface area contributed by atoms with Gasteiger partial charge in [-0.15, -0.1) is 0 Å². The summed E-state index contributed by atoms with van der Waals surface area (Å²) in [6.07, 6.45) is 5.65. The Bertz CT molecular complexity index is 794. The van der Waals surface area contributed by atoms with Crippen molar-refractivity contribution in [2.45, 2.75) is 52.5 Å². The number of likely N-dealkylation sites (tertiary alicyclic amines) is 1. The van der Waals surface area contributed by atoms with Gasteiger partial charge in [0.05, 0.1) is 10.0 Å². The Morgan fingerprint density at radius 2 is 2.08 bits per heavy atom. The average molecular weight is 422 g/mol. The molecule has 1 aliphatic rings. The molecular weight excluding hydrogens is 394 g/mol. The predicted octanol–water partition coefficient (Wildman–Crippen LogP) is 4.46. The third kappa shape index (κ3) is 3.91. The molecule has 3 N–H and O–H groups in total. The summed E-state index contributed by atoms with van der Waals surface area (Å²) in [5.74, 6) is 0.175. The fraction of sp³-hybridized carbons (Fsp3) is 0.550. The number of rotatable bonds is 6. The minimum Gasteiger partial charge on any atom is -0.506 e. The SMILES string of the molecule is CCCCNC(=O)c1c(C)[nH]c2cc(Br)c(O)c(CN3CCCCC3)c12. The summed E-state index contributed by atoms with van der Waals surface area (Å²) in [7, 11) is 0. The first-order chi connectivity index (χ1) is 12.5. The molecule has 1 saturated heterocycles. The van der Waals surface area contributed by atoms with Crippen molar-refractivity contribution in [2.24, 2.45) is 0 Å². The summed E-state index contributed by atoms with van der Waals surface area (Å²) in [5.41, 5.74) is 3.22. The molecule has 2 aromatic rings. The van der Waals surface area contributed by atoms with Crippen LogP contribution in [0.4, 0.5) is 0 Å². The van der Waals surface area contributed by atoms with Crippen LogP contribution in [0.2, 0.25) is 0 Å². The van der Waals surface area contributed by atoms with Gasteiger partial charge in [-0.25, -0.2) is 0 Å². The number of nitrogens with one attached hydrogen (secondary N) is 2. The largest absolute Gasteiger partial charge is 0.506 e. The first-order valence-corrected chi connectivity index (χ1v) is 10.3. The monoisotopic (exact) mass is 421 g/mol. The summed E-state index contributed by atoms with van der Waals surface area (Å²) in [5, 5.41) is 14.6. The fourth-order valence-electron chi connectivity index (χ4n) is 3.77. The van der Waals surface area contributed by atoms with E-state index in [2.05, 4.69) is 38.1 Å². The van der Waals surface area contributed by atoms with Crippen LogP contribution in [0.15, 0.2) is 10.5 Å². The zero-order chi connectivity index (χ0) is 18.7. The smallest absolute Gasteiger partial charge is 0.253 e. The minimum absolute atomic E-state index is 0.0659. The molecule has 142 valence electrons. The molecule has 1 aromatic heterocycles. The lowest BCUT2D eigenvalue weighted by Crippen LogP contribution is -2.29. The van der Waals surface area contributed by atoms with Gasteiger partial charge in [0.25, 0.3) is 5.91 Å². The Morgan fingerprint density at radius 1 is 1.35 bits per heavy atom. The highest BCUT2D eigenvalue weighted by atomic mass is 79.9. The highest BCUT2D eigenvalue weighted by Crippen LogP contribution is 2.38. The topological polar surface area (TPSA) is 68.4 Å². The van der Waals surface area contributed by atoms with E-state index in [0.717, 1.165) is 48.1 Å². The Balaban J connectivity index is 2.03. The van der Waals surface area contributed by atoms with Gasteiger partial charge in [0, 0.05) is 35.2 Å². The van der Waals surface area contributed by atoms with Crippen molar-refractivity contribution in [2.75, 3.05) is 19.6 Å². The van der Waals surface area contributed by atoms with E-state index in [1.807, 2.05) is 13.0 Å². The highest BCUT2D eigenvalue weighted by molar-refractivity contribution is 9.10.